The summed E-state index contributed by atoms with van der Waals surface area (Å²) in [6.07, 6.45) is 4.03. The Balaban J connectivity index is 1.51. The van der Waals surface area contributed by atoms with E-state index in [1.165, 1.54) is 0 Å². The molecule has 1 aromatic carbocycles. The summed E-state index contributed by atoms with van der Waals surface area (Å²) in [7, 11) is 0. The smallest absolute Gasteiger partial charge is 0.319 e. The first-order valence-electron chi connectivity index (χ1n) is 6.97. The SMILES string of the molecule is O=C(NCC1CCCO1)Nc1ccc(-c2nccs2)cc1. The predicted octanol–water partition coefficient (Wildman–Crippen LogP) is 3.11. The summed E-state index contributed by atoms with van der Waals surface area (Å²) in [6.45, 7) is 1.36. The van der Waals surface area contributed by atoms with Gasteiger partial charge in [-0.05, 0) is 37.1 Å². The van der Waals surface area contributed by atoms with Crippen LogP contribution < -0.4 is 10.6 Å². The van der Waals surface area contributed by atoms with Gasteiger partial charge in [-0.15, -0.1) is 11.3 Å². The molecule has 2 aromatic rings. The van der Waals surface area contributed by atoms with E-state index in [-0.39, 0.29) is 12.1 Å². The van der Waals surface area contributed by atoms with E-state index in [0.29, 0.717) is 6.54 Å². The van der Waals surface area contributed by atoms with Gasteiger partial charge in [0.05, 0.1) is 6.10 Å². The molecule has 1 unspecified atom stereocenters. The van der Waals surface area contributed by atoms with Crippen LogP contribution in [0.25, 0.3) is 10.6 Å². The summed E-state index contributed by atoms with van der Waals surface area (Å²) >= 11 is 1.59. The van der Waals surface area contributed by atoms with Crippen molar-refractivity contribution in [1.29, 1.82) is 0 Å². The van der Waals surface area contributed by atoms with E-state index in [0.717, 1.165) is 35.7 Å². The molecule has 110 valence electrons. The minimum absolute atomic E-state index is 0.156. The van der Waals surface area contributed by atoms with Crippen LogP contribution in [0.4, 0.5) is 10.5 Å². The third-order valence-corrected chi connectivity index (χ3v) is 4.16. The van der Waals surface area contributed by atoms with Crippen LogP contribution in [0.1, 0.15) is 12.8 Å². The molecule has 1 aliphatic rings. The molecule has 3 rings (SSSR count). The van der Waals surface area contributed by atoms with Gasteiger partial charge in [0, 0.05) is 36.0 Å². The van der Waals surface area contributed by atoms with Gasteiger partial charge in [-0.3, -0.25) is 0 Å². The second-order valence-electron chi connectivity index (χ2n) is 4.88. The number of benzene rings is 1. The minimum Gasteiger partial charge on any atom is -0.376 e. The number of hydrogen-bond acceptors (Lipinski definition) is 4. The summed E-state index contributed by atoms with van der Waals surface area (Å²) in [5.74, 6) is 0. The van der Waals surface area contributed by atoms with Crippen molar-refractivity contribution in [3.05, 3.63) is 35.8 Å². The van der Waals surface area contributed by atoms with E-state index >= 15 is 0 Å². The topological polar surface area (TPSA) is 63.2 Å². The number of thiazole rings is 1. The standard InChI is InChI=1S/C15H17N3O2S/c19-15(17-10-13-2-1-8-20-13)18-12-5-3-11(4-6-12)14-16-7-9-21-14/h3-7,9,13H,1-2,8,10H2,(H2,17,18,19). The van der Waals surface area contributed by atoms with Gasteiger partial charge >= 0.3 is 6.03 Å². The Morgan fingerprint density at radius 3 is 2.90 bits per heavy atom. The molecule has 0 spiro atoms. The Labute approximate surface area is 127 Å². The van der Waals surface area contributed by atoms with Gasteiger partial charge < -0.3 is 15.4 Å². The molecule has 1 atom stereocenters. The quantitative estimate of drug-likeness (QED) is 0.912. The highest BCUT2D eigenvalue weighted by molar-refractivity contribution is 7.13. The van der Waals surface area contributed by atoms with Crippen molar-refractivity contribution in [2.75, 3.05) is 18.5 Å². The molecule has 1 aromatic heterocycles. The third-order valence-electron chi connectivity index (χ3n) is 3.34. The summed E-state index contributed by atoms with van der Waals surface area (Å²) < 4.78 is 5.46. The van der Waals surface area contributed by atoms with Crippen molar-refractivity contribution in [3.8, 4) is 10.6 Å². The number of rotatable bonds is 4. The number of ether oxygens (including phenoxy) is 1. The molecule has 1 aliphatic heterocycles. The van der Waals surface area contributed by atoms with E-state index in [4.69, 9.17) is 4.74 Å². The highest BCUT2D eigenvalue weighted by Gasteiger charge is 2.16. The molecule has 2 N–H and O–H groups in total. The lowest BCUT2D eigenvalue weighted by molar-refractivity contribution is 0.112. The van der Waals surface area contributed by atoms with Gasteiger partial charge in [0.2, 0.25) is 0 Å². The van der Waals surface area contributed by atoms with E-state index in [2.05, 4.69) is 15.6 Å². The Morgan fingerprint density at radius 1 is 1.38 bits per heavy atom. The number of amides is 2. The van der Waals surface area contributed by atoms with Gasteiger partial charge in [-0.1, -0.05) is 0 Å². The molecule has 0 saturated carbocycles. The fraction of sp³-hybridized carbons (Fsp3) is 0.333. The van der Waals surface area contributed by atoms with E-state index in [9.17, 15) is 4.79 Å². The van der Waals surface area contributed by atoms with Crippen molar-refractivity contribution in [1.82, 2.24) is 10.3 Å². The molecular weight excluding hydrogens is 286 g/mol. The molecule has 21 heavy (non-hydrogen) atoms. The van der Waals surface area contributed by atoms with Gasteiger partial charge in [0.15, 0.2) is 0 Å². The molecular formula is C15H17N3O2S. The monoisotopic (exact) mass is 303 g/mol. The van der Waals surface area contributed by atoms with Crippen molar-refractivity contribution in [3.63, 3.8) is 0 Å². The maximum atomic E-state index is 11.8. The molecule has 1 fully saturated rings. The fourth-order valence-electron chi connectivity index (χ4n) is 2.25. The van der Waals surface area contributed by atoms with Gasteiger partial charge in [-0.2, -0.15) is 0 Å². The lowest BCUT2D eigenvalue weighted by Gasteiger charge is -2.11. The Kier molecular flexibility index (Phi) is 4.47. The number of hydrogen-bond donors (Lipinski definition) is 2. The summed E-state index contributed by atoms with van der Waals surface area (Å²) in [5, 5.41) is 8.57. The van der Waals surface area contributed by atoms with Crippen LogP contribution in [0.5, 0.6) is 0 Å². The number of carbonyl (C=O) groups is 1. The largest absolute Gasteiger partial charge is 0.376 e. The average molecular weight is 303 g/mol. The van der Waals surface area contributed by atoms with Crippen molar-refractivity contribution < 1.29 is 9.53 Å². The predicted molar refractivity (Wildman–Crippen MR) is 83.5 cm³/mol. The highest BCUT2D eigenvalue weighted by Crippen LogP contribution is 2.23. The van der Waals surface area contributed by atoms with Crippen LogP contribution in [0, 0.1) is 0 Å². The van der Waals surface area contributed by atoms with Crippen LogP contribution in [-0.2, 0) is 4.74 Å². The third kappa shape index (κ3) is 3.80. The van der Waals surface area contributed by atoms with Crippen LogP contribution in [0.3, 0.4) is 0 Å². The Morgan fingerprint density at radius 2 is 2.24 bits per heavy atom. The number of nitrogens with one attached hydrogen (secondary N) is 2. The molecule has 0 bridgehead atoms. The normalized spacial score (nSPS) is 17.6. The first kappa shape index (κ1) is 14.0. The van der Waals surface area contributed by atoms with Crippen molar-refractivity contribution in [2.24, 2.45) is 0 Å². The Hall–Kier alpha value is -1.92. The highest BCUT2D eigenvalue weighted by atomic mass is 32.1. The van der Waals surface area contributed by atoms with Gasteiger partial charge in [0.25, 0.3) is 0 Å². The summed E-state index contributed by atoms with van der Waals surface area (Å²) in [6, 6.07) is 7.46. The van der Waals surface area contributed by atoms with Crippen molar-refractivity contribution in [2.45, 2.75) is 18.9 Å². The molecule has 2 amide bonds. The number of carbonyl (C=O) groups excluding carboxylic acids is 1. The first-order chi connectivity index (χ1) is 10.3. The summed E-state index contributed by atoms with van der Waals surface area (Å²) in [5.41, 5.74) is 1.82. The minimum atomic E-state index is -0.201. The lowest BCUT2D eigenvalue weighted by atomic mass is 10.2. The van der Waals surface area contributed by atoms with Crippen molar-refractivity contribution >= 4 is 23.1 Å². The molecule has 2 heterocycles. The van der Waals surface area contributed by atoms with Crippen LogP contribution in [0.2, 0.25) is 0 Å². The Bertz CT molecular complexity index is 577. The second kappa shape index (κ2) is 6.69. The number of urea groups is 1. The average Bonchev–Trinajstić information content (AvgIpc) is 3.19. The van der Waals surface area contributed by atoms with Crippen LogP contribution in [0.15, 0.2) is 35.8 Å². The number of nitrogens with zero attached hydrogens (tertiary/aromatic N) is 1. The molecule has 6 heteroatoms. The molecule has 1 saturated heterocycles. The zero-order chi connectivity index (χ0) is 14.5. The zero-order valence-electron chi connectivity index (χ0n) is 11.5. The summed E-state index contributed by atoms with van der Waals surface area (Å²) in [4.78, 5) is 16.1. The van der Waals surface area contributed by atoms with E-state index in [1.807, 2.05) is 29.6 Å². The van der Waals surface area contributed by atoms with E-state index in [1.54, 1.807) is 17.5 Å². The first-order valence-corrected chi connectivity index (χ1v) is 7.85. The second-order valence-corrected chi connectivity index (χ2v) is 5.78. The molecule has 0 aliphatic carbocycles. The van der Waals surface area contributed by atoms with Gasteiger partial charge in [-0.25, -0.2) is 9.78 Å². The molecule has 0 radical (unpaired) electrons. The number of aromatic nitrogens is 1. The van der Waals surface area contributed by atoms with Gasteiger partial charge in [0.1, 0.15) is 5.01 Å². The molecule has 5 nitrogen and oxygen atoms in total. The fourth-order valence-corrected chi connectivity index (χ4v) is 2.89. The maximum Gasteiger partial charge on any atom is 0.319 e. The van der Waals surface area contributed by atoms with E-state index < -0.39 is 0 Å². The number of anilines is 1. The lowest BCUT2D eigenvalue weighted by Crippen LogP contribution is -2.34. The maximum absolute atomic E-state index is 11.8. The van der Waals surface area contributed by atoms with Crippen LogP contribution in [-0.4, -0.2) is 30.3 Å². The van der Waals surface area contributed by atoms with Crippen LogP contribution >= 0.6 is 11.3 Å². The zero-order valence-corrected chi connectivity index (χ0v) is 12.4.